The molecule has 0 spiro atoms. The fourth-order valence-corrected chi connectivity index (χ4v) is 3.30. The van der Waals surface area contributed by atoms with E-state index in [1.54, 1.807) is 23.1 Å². The summed E-state index contributed by atoms with van der Waals surface area (Å²) in [6, 6.07) is 0. The second kappa shape index (κ2) is 4.88. The number of rotatable bonds is 4. The van der Waals surface area contributed by atoms with E-state index < -0.39 is 0 Å². The Labute approximate surface area is 99.3 Å². The monoisotopic (exact) mass is 259 g/mol. The van der Waals surface area contributed by atoms with Crippen LogP contribution in [0.25, 0.3) is 0 Å². The van der Waals surface area contributed by atoms with Crippen molar-refractivity contribution in [2.75, 3.05) is 5.43 Å². The van der Waals surface area contributed by atoms with Gasteiger partial charge in [0.25, 0.3) is 0 Å². The Hall–Kier alpha value is -0.700. The van der Waals surface area contributed by atoms with Crippen molar-refractivity contribution in [3.8, 4) is 0 Å². The molecule has 0 aliphatic carbocycles. The molecule has 0 amide bonds. The molecule has 2 heterocycles. The van der Waals surface area contributed by atoms with Crippen molar-refractivity contribution in [1.29, 1.82) is 0 Å². The van der Waals surface area contributed by atoms with Crippen molar-refractivity contribution >= 4 is 39.8 Å². The summed E-state index contributed by atoms with van der Waals surface area (Å²) in [7, 11) is 0. The molecule has 0 radical (unpaired) electrons. The number of aromatic nitrogens is 3. The Morgan fingerprint density at radius 1 is 1.60 bits per heavy atom. The lowest BCUT2D eigenvalue weighted by Crippen LogP contribution is -2.05. The highest BCUT2D eigenvalue weighted by molar-refractivity contribution is 8.00. The number of thioether (sulfide) groups is 1. The average Bonchev–Trinajstić information content (AvgIpc) is 2.83. The van der Waals surface area contributed by atoms with E-state index in [-0.39, 0.29) is 0 Å². The summed E-state index contributed by atoms with van der Waals surface area (Å²) < 4.78 is 5.10. The summed E-state index contributed by atoms with van der Waals surface area (Å²) >= 11 is 4.64. The third-order valence-corrected chi connectivity index (χ3v) is 4.61. The fourth-order valence-electron chi connectivity index (χ4n) is 0.910. The van der Waals surface area contributed by atoms with Crippen LogP contribution in [0.15, 0.2) is 10.5 Å². The lowest BCUT2D eigenvalue weighted by molar-refractivity contribution is 1.10. The highest BCUT2D eigenvalue weighted by Crippen LogP contribution is 2.27. The predicted molar refractivity (Wildman–Crippen MR) is 64.1 cm³/mol. The van der Waals surface area contributed by atoms with Crippen LogP contribution in [0.5, 0.6) is 0 Å². The highest BCUT2D eigenvalue weighted by Gasteiger charge is 2.04. The molecule has 80 valence electrons. The molecule has 15 heavy (non-hydrogen) atoms. The Morgan fingerprint density at radius 3 is 3.07 bits per heavy atom. The van der Waals surface area contributed by atoms with Crippen LogP contribution < -0.4 is 11.3 Å². The molecule has 0 aliphatic heterocycles. The van der Waals surface area contributed by atoms with E-state index in [1.807, 2.05) is 13.1 Å². The van der Waals surface area contributed by atoms with Gasteiger partial charge in [0.05, 0.1) is 0 Å². The molecule has 0 unspecified atom stereocenters. The minimum atomic E-state index is 0.735. The van der Waals surface area contributed by atoms with E-state index >= 15 is 0 Å². The van der Waals surface area contributed by atoms with E-state index in [0.717, 1.165) is 21.0 Å². The van der Waals surface area contributed by atoms with Gasteiger partial charge in [-0.05, 0) is 18.5 Å². The Balaban J connectivity index is 1.93. The summed E-state index contributed by atoms with van der Waals surface area (Å²) in [6.45, 7) is 1.89. The maximum Gasteiger partial charge on any atom is 0.197 e. The first kappa shape index (κ1) is 10.8. The van der Waals surface area contributed by atoms with Gasteiger partial charge in [-0.15, -0.1) is 11.3 Å². The molecule has 0 atom stereocenters. The summed E-state index contributed by atoms with van der Waals surface area (Å²) in [5.74, 6) is 6.93. The third-order valence-electron chi connectivity index (χ3n) is 1.52. The van der Waals surface area contributed by atoms with Gasteiger partial charge in [-0.25, -0.2) is 15.8 Å². The van der Waals surface area contributed by atoms with E-state index in [1.165, 1.54) is 16.4 Å². The molecule has 0 aliphatic rings. The molecule has 3 N–H and O–H groups in total. The van der Waals surface area contributed by atoms with Gasteiger partial charge in [-0.3, -0.25) is 5.43 Å². The van der Waals surface area contributed by atoms with Gasteiger partial charge in [-0.2, -0.15) is 4.37 Å². The number of hydrogen-bond acceptors (Lipinski definition) is 8. The number of nitrogen functional groups attached to an aromatic ring is 1. The molecule has 0 saturated heterocycles. The lowest BCUT2D eigenvalue weighted by atomic mass is 10.6. The topological polar surface area (TPSA) is 76.7 Å². The average molecular weight is 259 g/mol. The Morgan fingerprint density at radius 2 is 2.47 bits per heavy atom. The van der Waals surface area contributed by atoms with Crippen LogP contribution in [-0.2, 0) is 5.75 Å². The molecule has 2 aromatic rings. The Bertz CT molecular complexity index is 437. The summed E-state index contributed by atoms with van der Waals surface area (Å²) in [5.41, 5.74) is 2.52. The van der Waals surface area contributed by atoms with Crippen molar-refractivity contribution in [3.05, 3.63) is 16.9 Å². The lowest BCUT2D eigenvalue weighted by Gasteiger charge is -1.91. The first-order chi connectivity index (χ1) is 7.28. The molecule has 0 bridgehead atoms. The third kappa shape index (κ3) is 2.88. The molecule has 0 fully saturated rings. The second-order valence-corrected chi connectivity index (χ2v) is 5.76. The van der Waals surface area contributed by atoms with E-state index in [2.05, 4.69) is 19.8 Å². The van der Waals surface area contributed by atoms with Gasteiger partial charge in [0.1, 0.15) is 5.82 Å². The number of anilines is 1. The minimum absolute atomic E-state index is 0.735. The number of hydrazine groups is 1. The zero-order chi connectivity index (χ0) is 10.7. The maximum atomic E-state index is 5.24. The zero-order valence-electron chi connectivity index (χ0n) is 7.93. The first-order valence-electron chi connectivity index (χ1n) is 4.12. The molecule has 0 aromatic carbocycles. The van der Waals surface area contributed by atoms with Crippen LogP contribution in [0.1, 0.15) is 10.7 Å². The molecule has 2 rings (SSSR count). The van der Waals surface area contributed by atoms with Crippen LogP contribution >= 0.6 is 34.6 Å². The van der Waals surface area contributed by atoms with E-state index in [9.17, 15) is 0 Å². The standard InChI is InChI=1S/C7H9N5S3/c1-4-10-7(15-12-4)13-3-5-2-9-6(11-8)14-5/h2H,3,8H2,1H3,(H,9,11). The number of thiazole rings is 1. The Kier molecular flexibility index (Phi) is 3.52. The van der Waals surface area contributed by atoms with Gasteiger partial charge in [0.15, 0.2) is 9.47 Å². The van der Waals surface area contributed by atoms with Crippen LogP contribution in [0.2, 0.25) is 0 Å². The molecule has 0 saturated carbocycles. The summed E-state index contributed by atoms with van der Waals surface area (Å²) in [4.78, 5) is 9.52. The van der Waals surface area contributed by atoms with Crippen LogP contribution in [0, 0.1) is 6.92 Å². The van der Waals surface area contributed by atoms with Crippen molar-refractivity contribution in [3.63, 3.8) is 0 Å². The van der Waals surface area contributed by atoms with Gasteiger partial charge < -0.3 is 0 Å². The largest absolute Gasteiger partial charge is 0.300 e. The molecule has 8 heteroatoms. The van der Waals surface area contributed by atoms with E-state index in [0.29, 0.717) is 0 Å². The number of hydrogen-bond donors (Lipinski definition) is 2. The van der Waals surface area contributed by atoms with Crippen molar-refractivity contribution < 1.29 is 0 Å². The number of nitrogens with zero attached hydrogens (tertiary/aromatic N) is 3. The summed E-state index contributed by atoms with van der Waals surface area (Å²) in [6.07, 6.45) is 1.82. The zero-order valence-corrected chi connectivity index (χ0v) is 10.4. The highest BCUT2D eigenvalue weighted by atomic mass is 32.2. The molecular formula is C7H9N5S3. The second-order valence-electron chi connectivity index (χ2n) is 2.67. The molecule has 5 nitrogen and oxygen atoms in total. The first-order valence-corrected chi connectivity index (χ1v) is 6.70. The molecule has 2 aromatic heterocycles. The fraction of sp³-hybridized carbons (Fsp3) is 0.286. The minimum Gasteiger partial charge on any atom is -0.300 e. The van der Waals surface area contributed by atoms with Crippen LogP contribution in [0.3, 0.4) is 0 Å². The van der Waals surface area contributed by atoms with Crippen LogP contribution in [-0.4, -0.2) is 14.3 Å². The van der Waals surface area contributed by atoms with E-state index in [4.69, 9.17) is 5.84 Å². The maximum absolute atomic E-state index is 5.24. The normalized spacial score (nSPS) is 10.5. The number of nitrogens with one attached hydrogen (secondary N) is 1. The predicted octanol–water partition coefficient (Wildman–Crippen LogP) is 1.88. The van der Waals surface area contributed by atoms with Gasteiger partial charge in [-0.1, -0.05) is 11.8 Å². The van der Waals surface area contributed by atoms with Gasteiger partial charge in [0, 0.05) is 16.8 Å². The number of aryl methyl sites for hydroxylation is 1. The van der Waals surface area contributed by atoms with Crippen molar-refractivity contribution in [2.45, 2.75) is 17.0 Å². The van der Waals surface area contributed by atoms with Gasteiger partial charge in [0.2, 0.25) is 0 Å². The number of nitrogens with two attached hydrogens (primary N) is 1. The molecular weight excluding hydrogens is 250 g/mol. The SMILES string of the molecule is Cc1nsc(SCc2cnc(NN)s2)n1. The van der Waals surface area contributed by atoms with Crippen molar-refractivity contribution in [2.24, 2.45) is 5.84 Å². The van der Waals surface area contributed by atoms with Crippen molar-refractivity contribution in [1.82, 2.24) is 14.3 Å². The smallest absolute Gasteiger partial charge is 0.197 e. The van der Waals surface area contributed by atoms with Crippen LogP contribution in [0.4, 0.5) is 5.13 Å². The quantitative estimate of drug-likeness (QED) is 0.496. The summed E-state index contributed by atoms with van der Waals surface area (Å²) in [5, 5.41) is 0.735. The van der Waals surface area contributed by atoms with Gasteiger partial charge >= 0.3 is 0 Å².